The van der Waals surface area contributed by atoms with Crippen LogP contribution in [0.15, 0.2) is 50.9 Å². The highest BCUT2D eigenvalue weighted by Gasteiger charge is 2.28. The summed E-state index contributed by atoms with van der Waals surface area (Å²) < 4.78 is 45.9. The third-order valence-electron chi connectivity index (χ3n) is 6.75. The molecule has 37 heavy (non-hydrogen) atoms. The van der Waals surface area contributed by atoms with E-state index in [1.165, 1.54) is 47.1 Å². The normalized spacial score (nSPS) is 15.1. The second-order valence-corrected chi connectivity index (χ2v) is 10.7. The molecule has 0 N–H and O–H groups in total. The molecule has 0 radical (unpaired) electrons. The molecule has 1 aromatic heterocycles. The summed E-state index contributed by atoms with van der Waals surface area (Å²) >= 11 is 0. The van der Waals surface area contributed by atoms with Crippen molar-refractivity contribution in [2.45, 2.75) is 17.9 Å². The molecule has 3 aromatic rings. The van der Waals surface area contributed by atoms with Crippen LogP contribution in [0.25, 0.3) is 10.8 Å². The molecule has 1 saturated heterocycles. The van der Waals surface area contributed by atoms with Gasteiger partial charge in [-0.15, -0.1) is 0 Å². The van der Waals surface area contributed by atoms with Crippen molar-refractivity contribution in [3.63, 3.8) is 0 Å². The lowest BCUT2D eigenvalue weighted by Crippen LogP contribution is -2.49. The van der Waals surface area contributed by atoms with E-state index in [0.717, 1.165) is 0 Å². The van der Waals surface area contributed by atoms with E-state index >= 15 is 0 Å². The summed E-state index contributed by atoms with van der Waals surface area (Å²) in [5.41, 5.74) is -0.582. The number of fused-ring (bicyclic) bond motifs is 1. The van der Waals surface area contributed by atoms with Gasteiger partial charge in [0.25, 0.3) is 11.1 Å². The summed E-state index contributed by atoms with van der Waals surface area (Å²) in [6.07, 6.45) is 0.622. The molecule has 0 unspecified atom stereocenters. The summed E-state index contributed by atoms with van der Waals surface area (Å²) in [6, 6.07) is 9.45. The molecule has 12 heteroatoms. The van der Waals surface area contributed by atoms with Crippen molar-refractivity contribution in [1.82, 2.24) is 18.6 Å². The molecule has 2 aromatic carbocycles. The van der Waals surface area contributed by atoms with Gasteiger partial charge in [0.15, 0.2) is 11.5 Å². The van der Waals surface area contributed by atoms with E-state index in [9.17, 15) is 18.0 Å². The Morgan fingerprint density at radius 3 is 1.89 bits per heavy atom. The highest BCUT2D eigenvalue weighted by atomic mass is 32.2. The van der Waals surface area contributed by atoms with Crippen molar-refractivity contribution in [3.05, 3.63) is 57.1 Å². The van der Waals surface area contributed by atoms with Crippen LogP contribution < -0.4 is 25.3 Å². The molecule has 2 heterocycles. The predicted octanol–water partition coefficient (Wildman–Crippen LogP) is 1.12. The topological polar surface area (TPSA) is 112 Å². The molecule has 0 spiro atoms. The molecule has 4 rings (SSSR count). The second-order valence-electron chi connectivity index (χ2n) is 8.78. The van der Waals surface area contributed by atoms with Crippen LogP contribution in [0.5, 0.6) is 17.2 Å². The number of benzene rings is 2. The number of aromatic nitrogens is 2. The largest absolute Gasteiger partial charge is 0.497 e. The summed E-state index contributed by atoms with van der Waals surface area (Å²) in [5.74, 6) is 1.37. The lowest BCUT2D eigenvalue weighted by Gasteiger charge is -2.34. The van der Waals surface area contributed by atoms with Crippen LogP contribution in [-0.2, 0) is 23.6 Å². The zero-order chi connectivity index (χ0) is 26.7. The highest BCUT2D eigenvalue weighted by molar-refractivity contribution is 7.89. The van der Waals surface area contributed by atoms with Crippen LogP contribution in [-0.4, -0.2) is 81.0 Å². The Bertz CT molecular complexity index is 1490. The minimum atomic E-state index is -3.57. The quantitative estimate of drug-likeness (QED) is 0.403. The van der Waals surface area contributed by atoms with Crippen molar-refractivity contribution in [3.8, 4) is 17.2 Å². The number of hydrogen-bond acceptors (Lipinski definition) is 8. The molecular formula is C25H32N4O7S. The Morgan fingerprint density at radius 2 is 1.35 bits per heavy atom. The van der Waals surface area contributed by atoms with Crippen molar-refractivity contribution >= 4 is 20.8 Å². The lowest BCUT2D eigenvalue weighted by atomic mass is 10.1. The molecule has 0 saturated carbocycles. The van der Waals surface area contributed by atoms with Gasteiger partial charge in [0.1, 0.15) is 5.75 Å². The number of methoxy groups -OCH3 is 3. The van der Waals surface area contributed by atoms with Gasteiger partial charge in [0.2, 0.25) is 10.0 Å². The first-order chi connectivity index (χ1) is 17.7. The van der Waals surface area contributed by atoms with E-state index in [1.54, 1.807) is 31.3 Å². The predicted molar refractivity (Wildman–Crippen MR) is 139 cm³/mol. The van der Waals surface area contributed by atoms with Gasteiger partial charge in [-0.05, 0) is 42.8 Å². The van der Waals surface area contributed by atoms with Gasteiger partial charge in [-0.3, -0.25) is 14.3 Å². The van der Waals surface area contributed by atoms with Gasteiger partial charge < -0.3 is 19.1 Å². The van der Waals surface area contributed by atoms with Crippen molar-refractivity contribution < 1.29 is 22.6 Å². The minimum Gasteiger partial charge on any atom is -0.497 e. The van der Waals surface area contributed by atoms with Gasteiger partial charge in [-0.2, -0.15) is 4.31 Å². The molecule has 0 aliphatic carbocycles. The minimum absolute atomic E-state index is 0.243. The van der Waals surface area contributed by atoms with Crippen LogP contribution >= 0.6 is 0 Å². The number of hydrogen-bond donors (Lipinski definition) is 0. The number of piperazine rings is 1. The van der Waals surface area contributed by atoms with E-state index in [2.05, 4.69) is 4.90 Å². The summed E-state index contributed by atoms with van der Waals surface area (Å²) in [6.45, 7) is 2.94. The summed E-state index contributed by atoms with van der Waals surface area (Å²) in [4.78, 5) is 28.5. The zero-order valence-electron chi connectivity index (χ0n) is 21.5. The Labute approximate surface area is 215 Å². The van der Waals surface area contributed by atoms with Crippen molar-refractivity contribution in [1.29, 1.82) is 0 Å². The third-order valence-corrected chi connectivity index (χ3v) is 8.66. The highest BCUT2D eigenvalue weighted by Crippen LogP contribution is 2.29. The monoisotopic (exact) mass is 532 g/mol. The van der Waals surface area contributed by atoms with E-state index in [-0.39, 0.29) is 26.8 Å². The maximum atomic E-state index is 13.2. The zero-order valence-corrected chi connectivity index (χ0v) is 22.3. The van der Waals surface area contributed by atoms with Gasteiger partial charge in [-0.25, -0.2) is 13.1 Å². The molecule has 0 atom stereocenters. The molecule has 11 nitrogen and oxygen atoms in total. The van der Waals surface area contributed by atoms with Crippen molar-refractivity contribution in [2.75, 3.05) is 54.1 Å². The molecule has 0 bridgehead atoms. The maximum absolute atomic E-state index is 13.2. The van der Waals surface area contributed by atoms with Crippen LogP contribution in [0.3, 0.4) is 0 Å². The van der Waals surface area contributed by atoms with E-state index in [4.69, 9.17) is 14.2 Å². The number of rotatable bonds is 9. The molecular weight excluding hydrogens is 500 g/mol. The van der Waals surface area contributed by atoms with Crippen LogP contribution in [0.1, 0.15) is 6.42 Å². The van der Waals surface area contributed by atoms with E-state index in [1.807, 2.05) is 0 Å². The molecule has 1 fully saturated rings. The summed E-state index contributed by atoms with van der Waals surface area (Å²) in [7, 11) is 2.49. The van der Waals surface area contributed by atoms with E-state index < -0.39 is 10.0 Å². The van der Waals surface area contributed by atoms with Gasteiger partial charge >= 0.3 is 0 Å². The average molecular weight is 533 g/mol. The third kappa shape index (κ3) is 5.22. The average Bonchev–Trinajstić information content (AvgIpc) is 2.93. The van der Waals surface area contributed by atoms with Gasteiger partial charge in [0.05, 0.1) is 37.0 Å². The Hall–Kier alpha value is -3.35. The fourth-order valence-electron chi connectivity index (χ4n) is 4.58. The Balaban J connectivity index is 1.41. The first-order valence-corrected chi connectivity index (χ1v) is 13.4. The van der Waals surface area contributed by atoms with Crippen LogP contribution in [0.4, 0.5) is 0 Å². The molecule has 1 aliphatic heterocycles. The fourth-order valence-corrected chi connectivity index (χ4v) is 6.00. The standard InChI is InChI=1S/C25H32N4O7S/c1-26-24(30)20-16-22(35-3)23(36-4)17-21(20)25(31)29(26)11-5-10-27-12-14-28(15-13-27)37(32,33)19-8-6-18(34-2)7-9-19/h6-9,16-17H,5,10-15H2,1-4H3. The Kier molecular flexibility index (Phi) is 7.90. The smallest absolute Gasteiger partial charge is 0.273 e. The van der Waals surface area contributed by atoms with E-state index in [0.29, 0.717) is 62.9 Å². The van der Waals surface area contributed by atoms with Crippen LogP contribution in [0.2, 0.25) is 0 Å². The number of sulfonamides is 1. The van der Waals surface area contributed by atoms with Gasteiger partial charge in [-0.1, -0.05) is 0 Å². The maximum Gasteiger partial charge on any atom is 0.273 e. The van der Waals surface area contributed by atoms with Gasteiger partial charge in [0, 0.05) is 46.3 Å². The first kappa shape index (κ1) is 26.7. The lowest BCUT2D eigenvalue weighted by molar-refractivity contribution is 0.182. The molecule has 200 valence electrons. The summed E-state index contributed by atoms with van der Waals surface area (Å²) in [5, 5.41) is 0.550. The molecule has 1 aliphatic rings. The number of nitrogens with zero attached hydrogens (tertiary/aromatic N) is 4. The Morgan fingerprint density at radius 1 is 0.784 bits per heavy atom. The fraction of sp³-hybridized carbons (Fsp3) is 0.440. The van der Waals surface area contributed by atoms with Crippen LogP contribution in [0, 0.1) is 0 Å². The van der Waals surface area contributed by atoms with Crippen molar-refractivity contribution in [2.24, 2.45) is 7.05 Å². The second kappa shape index (κ2) is 11.0. The first-order valence-electron chi connectivity index (χ1n) is 11.9. The SMILES string of the molecule is COc1ccc(S(=O)(=O)N2CCN(CCCn3c(=O)c4cc(OC)c(OC)cc4c(=O)n3C)CC2)cc1. The number of ether oxygens (including phenoxy) is 3. The molecule has 0 amide bonds.